The minimum atomic E-state index is 0.0462. The number of nitrogens with one attached hydrogen (secondary N) is 1. The van der Waals surface area contributed by atoms with Gasteiger partial charge in [0.2, 0.25) is 5.91 Å². The van der Waals surface area contributed by atoms with Gasteiger partial charge in [-0.1, -0.05) is 34.6 Å². The van der Waals surface area contributed by atoms with E-state index in [9.17, 15) is 4.79 Å². The number of hydrogen-bond acceptors (Lipinski definition) is 4. The zero-order valence-electron chi connectivity index (χ0n) is 15.6. The van der Waals surface area contributed by atoms with E-state index >= 15 is 0 Å². The molecule has 1 amide bonds. The van der Waals surface area contributed by atoms with Crippen LogP contribution in [-0.4, -0.2) is 30.5 Å². The maximum atomic E-state index is 10.4. The lowest BCUT2D eigenvalue weighted by atomic mass is 9.97. The number of carbonyl (C=O) groups is 1. The molecule has 1 aromatic rings. The van der Waals surface area contributed by atoms with Gasteiger partial charge >= 0.3 is 0 Å². The average molecular weight is 322 g/mol. The lowest BCUT2D eigenvalue weighted by molar-refractivity contribution is -0.119. The molecule has 0 atom stereocenters. The van der Waals surface area contributed by atoms with E-state index in [2.05, 4.69) is 49.8 Å². The van der Waals surface area contributed by atoms with Crippen LogP contribution in [-0.2, 0) is 4.79 Å². The van der Waals surface area contributed by atoms with Crippen LogP contribution < -0.4 is 16.0 Å². The summed E-state index contributed by atoms with van der Waals surface area (Å²) in [4.78, 5) is 17.0. The Morgan fingerprint density at radius 1 is 1.26 bits per heavy atom. The number of rotatable bonds is 6. The van der Waals surface area contributed by atoms with Gasteiger partial charge in [0.05, 0.1) is 0 Å². The molecule has 0 bridgehead atoms. The summed E-state index contributed by atoms with van der Waals surface area (Å²) in [6.07, 6.45) is 4.04. The molecule has 0 aliphatic carbocycles. The van der Waals surface area contributed by atoms with E-state index in [1.54, 1.807) is 6.20 Å². The molecular formula is C18H34N4O. The van der Waals surface area contributed by atoms with Crippen molar-refractivity contribution < 1.29 is 4.79 Å². The highest BCUT2D eigenvalue weighted by molar-refractivity contribution is 5.72. The second-order valence-corrected chi connectivity index (χ2v) is 6.90. The molecule has 0 aliphatic heterocycles. The first-order valence-electron chi connectivity index (χ1n) is 8.40. The highest BCUT2D eigenvalue weighted by atomic mass is 16.1. The summed E-state index contributed by atoms with van der Waals surface area (Å²) in [5.74, 6) is 1.04. The number of hydrogen-bond donors (Lipinski definition) is 2. The molecule has 1 heterocycles. The van der Waals surface area contributed by atoms with Gasteiger partial charge in [0, 0.05) is 44.5 Å². The van der Waals surface area contributed by atoms with E-state index in [0.717, 1.165) is 44.0 Å². The minimum absolute atomic E-state index is 0.0462. The largest absolute Gasteiger partial charge is 0.399 e. The SMILES string of the molecule is CC(=O)NCC(C)(C)C.CCCN(CCC)c1cc(N)ccn1. The number of amides is 1. The molecule has 3 N–H and O–H groups in total. The van der Waals surface area contributed by atoms with Crippen LogP contribution in [0.4, 0.5) is 11.5 Å². The van der Waals surface area contributed by atoms with Gasteiger partial charge in [-0.2, -0.15) is 0 Å². The molecule has 0 saturated carbocycles. The first-order valence-corrected chi connectivity index (χ1v) is 8.40. The summed E-state index contributed by atoms with van der Waals surface area (Å²) in [5.41, 5.74) is 6.71. The average Bonchev–Trinajstić information content (AvgIpc) is 2.45. The first kappa shape index (κ1) is 21.2. The molecular weight excluding hydrogens is 288 g/mol. The van der Waals surface area contributed by atoms with Crippen LogP contribution in [0, 0.1) is 5.41 Å². The van der Waals surface area contributed by atoms with Gasteiger partial charge in [0.15, 0.2) is 0 Å². The number of nitrogens with zero attached hydrogens (tertiary/aromatic N) is 2. The van der Waals surface area contributed by atoms with Gasteiger partial charge in [-0.25, -0.2) is 4.98 Å². The molecule has 0 aromatic carbocycles. The van der Waals surface area contributed by atoms with E-state index < -0.39 is 0 Å². The maximum Gasteiger partial charge on any atom is 0.216 e. The predicted octanol–water partition coefficient (Wildman–Crippen LogP) is 3.46. The van der Waals surface area contributed by atoms with E-state index in [4.69, 9.17) is 5.73 Å². The Balaban J connectivity index is 0.000000468. The molecule has 5 nitrogen and oxygen atoms in total. The highest BCUT2D eigenvalue weighted by Crippen LogP contribution is 2.14. The van der Waals surface area contributed by atoms with E-state index in [0.29, 0.717) is 0 Å². The predicted molar refractivity (Wildman–Crippen MR) is 99.6 cm³/mol. The monoisotopic (exact) mass is 322 g/mol. The van der Waals surface area contributed by atoms with Gasteiger partial charge in [-0.15, -0.1) is 0 Å². The Hall–Kier alpha value is -1.78. The van der Waals surface area contributed by atoms with E-state index in [1.165, 1.54) is 6.92 Å². The third-order valence-electron chi connectivity index (χ3n) is 2.95. The van der Waals surface area contributed by atoms with Crippen LogP contribution >= 0.6 is 0 Å². The Morgan fingerprint density at radius 2 is 1.83 bits per heavy atom. The van der Waals surface area contributed by atoms with E-state index in [1.807, 2.05) is 12.1 Å². The Kier molecular flexibility index (Phi) is 10.0. The summed E-state index contributed by atoms with van der Waals surface area (Å²) >= 11 is 0. The van der Waals surface area contributed by atoms with Crippen LogP contribution in [0.3, 0.4) is 0 Å². The Morgan fingerprint density at radius 3 is 2.17 bits per heavy atom. The van der Waals surface area contributed by atoms with Crippen molar-refractivity contribution in [2.45, 2.75) is 54.4 Å². The third-order valence-corrected chi connectivity index (χ3v) is 2.95. The zero-order chi connectivity index (χ0) is 17.9. The fourth-order valence-corrected chi connectivity index (χ4v) is 1.88. The zero-order valence-corrected chi connectivity index (χ0v) is 15.6. The summed E-state index contributed by atoms with van der Waals surface area (Å²) in [7, 11) is 0. The van der Waals surface area contributed by atoms with Crippen molar-refractivity contribution in [1.82, 2.24) is 10.3 Å². The van der Waals surface area contributed by atoms with Crippen molar-refractivity contribution >= 4 is 17.4 Å². The summed E-state index contributed by atoms with van der Waals surface area (Å²) in [6, 6.07) is 3.75. The number of nitrogens with two attached hydrogens (primary N) is 1. The van der Waals surface area contributed by atoms with Crippen LogP contribution in [0.5, 0.6) is 0 Å². The van der Waals surface area contributed by atoms with Crippen LogP contribution in [0.2, 0.25) is 0 Å². The van der Waals surface area contributed by atoms with Crippen molar-refractivity contribution in [3.8, 4) is 0 Å². The Labute approximate surface area is 141 Å². The number of nitrogen functional groups attached to an aromatic ring is 1. The van der Waals surface area contributed by atoms with Gasteiger partial charge in [0.25, 0.3) is 0 Å². The lowest BCUT2D eigenvalue weighted by Gasteiger charge is -2.22. The van der Waals surface area contributed by atoms with Crippen LogP contribution in [0.15, 0.2) is 18.3 Å². The van der Waals surface area contributed by atoms with Crippen molar-refractivity contribution in [3.63, 3.8) is 0 Å². The molecule has 23 heavy (non-hydrogen) atoms. The van der Waals surface area contributed by atoms with Crippen molar-refractivity contribution in [1.29, 1.82) is 0 Å². The number of pyridine rings is 1. The quantitative estimate of drug-likeness (QED) is 0.841. The van der Waals surface area contributed by atoms with Gasteiger partial charge in [-0.3, -0.25) is 4.79 Å². The molecule has 0 aliphatic rings. The highest BCUT2D eigenvalue weighted by Gasteiger charge is 2.09. The summed E-state index contributed by atoms with van der Waals surface area (Å²) < 4.78 is 0. The fourth-order valence-electron chi connectivity index (χ4n) is 1.88. The maximum absolute atomic E-state index is 10.4. The molecule has 5 heteroatoms. The second kappa shape index (κ2) is 10.9. The number of anilines is 2. The molecule has 0 saturated heterocycles. The first-order chi connectivity index (χ1) is 10.7. The van der Waals surface area contributed by atoms with Crippen molar-refractivity contribution in [2.24, 2.45) is 5.41 Å². The molecule has 0 radical (unpaired) electrons. The lowest BCUT2D eigenvalue weighted by Crippen LogP contribution is -2.30. The molecule has 1 aromatic heterocycles. The topological polar surface area (TPSA) is 71.2 Å². The Bertz CT molecular complexity index is 449. The van der Waals surface area contributed by atoms with Crippen molar-refractivity contribution in [3.05, 3.63) is 18.3 Å². The molecule has 0 spiro atoms. The molecule has 132 valence electrons. The van der Waals surface area contributed by atoms with Crippen LogP contribution in [0.25, 0.3) is 0 Å². The third kappa shape index (κ3) is 11.4. The molecule has 0 fully saturated rings. The number of aromatic nitrogens is 1. The summed E-state index contributed by atoms with van der Waals surface area (Å²) in [5, 5.41) is 2.75. The minimum Gasteiger partial charge on any atom is -0.399 e. The van der Waals surface area contributed by atoms with Gasteiger partial charge in [0.1, 0.15) is 5.82 Å². The molecule has 0 unspecified atom stereocenters. The van der Waals surface area contributed by atoms with Crippen LogP contribution in [0.1, 0.15) is 54.4 Å². The molecule has 1 rings (SSSR count). The summed E-state index contributed by atoms with van der Waals surface area (Å²) in [6.45, 7) is 15.0. The van der Waals surface area contributed by atoms with Gasteiger partial charge < -0.3 is 16.0 Å². The standard InChI is InChI=1S/C11H19N3.C7H15NO/c1-3-7-14(8-4-2)11-9-10(12)5-6-13-11;1-6(9)8-5-7(2,3)4/h5-6,9H,3-4,7-8H2,1-2H3,(H2,12,13);5H2,1-4H3,(H,8,9). The normalized spacial score (nSPS) is 10.5. The fraction of sp³-hybridized carbons (Fsp3) is 0.667. The number of carbonyl (C=O) groups excluding carboxylic acids is 1. The van der Waals surface area contributed by atoms with Gasteiger partial charge in [-0.05, 0) is 24.3 Å². The smallest absolute Gasteiger partial charge is 0.216 e. The van der Waals surface area contributed by atoms with Crippen molar-refractivity contribution in [2.75, 3.05) is 30.3 Å². The van der Waals surface area contributed by atoms with E-state index in [-0.39, 0.29) is 11.3 Å². The second-order valence-electron chi connectivity index (χ2n) is 6.90.